The fraction of sp³-hybridized carbons (Fsp3) is 0.348. The summed E-state index contributed by atoms with van der Waals surface area (Å²) in [6, 6.07) is 15.8. The molecular formula is C23H26N4O2. The van der Waals surface area contributed by atoms with Gasteiger partial charge in [0.2, 0.25) is 5.91 Å². The molecule has 0 N–H and O–H groups in total. The van der Waals surface area contributed by atoms with Gasteiger partial charge < -0.3 is 4.90 Å². The zero-order valence-corrected chi connectivity index (χ0v) is 16.8. The molecule has 29 heavy (non-hydrogen) atoms. The molecule has 1 aromatic carbocycles. The fourth-order valence-electron chi connectivity index (χ4n) is 4.05. The Morgan fingerprint density at radius 3 is 2.59 bits per heavy atom. The van der Waals surface area contributed by atoms with E-state index in [-0.39, 0.29) is 11.5 Å². The second-order valence-corrected chi connectivity index (χ2v) is 7.38. The lowest BCUT2D eigenvalue weighted by molar-refractivity contribution is -0.132. The summed E-state index contributed by atoms with van der Waals surface area (Å²) in [5, 5.41) is 0. The van der Waals surface area contributed by atoms with Gasteiger partial charge in [-0.1, -0.05) is 36.4 Å². The van der Waals surface area contributed by atoms with Gasteiger partial charge in [-0.3, -0.25) is 19.3 Å². The van der Waals surface area contributed by atoms with Crippen molar-refractivity contribution in [2.45, 2.75) is 45.8 Å². The fourth-order valence-corrected chi connectivity index (χ4v) is 4.05. The minimum atomic E-state index is 0.0753. The summed E-state index contributed by atoms with van der Waals surface area (Å²) in [7, 11) is 0. The van der Waals surface area contributed by atoms with Gasteiger partial charge in [-0.2, -0.15) is 0 Å². The maximum absolute atomic E-state index is 13.0. The van der Waals surface area contributed by atoms with E-state index in [9.17, 15) is 9.59 Å². The minimum absolute atomic E-state index is 0.0753. The highest BCUT2D eigenvalue weighted by atomic mass is 16.2. The molecule has 3 heterocycles. The minimum Gasteiger partial charge on any atom is -0.336 e. The molecule has 4 rings (SSSR count). The number of nitrogens with zero attached hydrogens (tertiary/aromatic N) is 4. The average molecular weight is 390 g/mol. The van der Waals surface area contributed by atoms with E-state index in [1.807, 2.05) is 69.7 Å². The standard InChI is InChI=1S/C23H26N4O2/c1-2-26-21-17-25(22(28)12-11-19-10-6-7-14-24-19)15-13-20(21)23(29)27(26)16-18-8-4-3-5-9-18/h3-10,14H,2,11-13,15-17H2,1H3. The molecular weight excluding hydrogens is 364 g/mol. The number of aromatic nitrogens is 3. The van der Waals surface area contributed by atoms with Gasteiger partial charge >= 0.3 is 0 Å². The van der Waals surface area contributed by atoms with Crippen LogP contribution in [0.25, 0.3) is 0 Å². The Hall–Kier alpha value is -3.15. The third kappa shape index (κ3) is 4.01. The highest BCUT2D eigenvalue weighted by Crippen LogP contribution is 2.19. The summed E-state index contributed by atoms with van der Waals surface area (Å²) < 4.78 is 3.87. The number of pyridine rings is 1. The van der Waals surface area contributed by atoms with Crippen molar-refractivity contribution < 1.29 is 4.79 Å². The molecule has 0 fully saturated rings. The lowest BCUT2D eigenvalue weighted by atomic mass is 10.1. The van der Waals surface area contributed by atoms with Crippen LogP contribution in [0.1, 0.15) is 35.9 Å². The SMILES string of the molecule is CCn1c2c(c(=O)n1Cc1ccccc1)CCN(C(=O)CCc1ccccn1)C2. The Kier molecular flexibility index (Phi) is 5.60. The van der Waals surface area contributed by atoms with Crippen LogP contribution in [-0.2, 0) is 37.3 Å². The summed E-state index contributed by atoms with van der Waals surface area (Å²) in [6.45, 7) is 4.40. The first-order chi connectivity index (χ1) is 14.2. The quantitative estimate of drug-likeness (QED) is 0.650. The van der Waals surface area contributed by atoms with Crippen molar-refractivity contribution in [1.29, 1.82) is 0 Å². The largest absolute Gasteiger partial charge is 0.336 e. The molecule has 1 amide bonds. The monoisotopic (exact) mass is 390 g/mol. The van der Waals surface area contributed by atoms with Crippen LogP contribution in [0.15, 0.2) is 59.5 Å². The number of fused-ring (bicyclic) bond motifs is 1. The van der Waals surface area contributed by atoms with E-state index in [0.29, 0.717) is 45.4 Å². The third-order valence-corrected chi connectivity index (χ3v) is 5.56. The van der Waals surface area contributed by atoms with Gasteiger partial charge in [0.1, 0.15) is 0 Å². The van der Waals surface area contributed by atoms with Gasteiger partial charge in [0.05, 0.1) is 18.8 Å². The topological polar surface area (TPSA) is 60.1 Å². The van der Waals surface area contributed by atoms with Crippen molar-refractivity contribution in [1.82, 2.24) is 19.2 Å². The van der Waals surface area contributed by atoms with E-state index in [0.717, 1.165) is 22.5 Å². The molecule has 2 aromatic heterocycles. The van der Waals surface area contributed by atoms with E-state index >= 15 is 0 Å². The number of benzene rings is 1. The summed E-state index contributed by atoms with van der Waals surface area (Å²) in [5.74, 6) is 0.118. The Bertz CT molecular complexity index is 1040. The predicted octanol–water partition coefficient (Wildman–Crippen LogP) is 2.63. The summed E-state index contributed by atoms with van der Waals surface area (Å²) in [5.41, 5.74) is 3.94. The first-order valence-corrected chi connectivity index (χ1v) is 10.2. The molecule has 6 heteroatoms. The van der Waals surface area contributed by atoms with Crippen LogP contribution < -0.4 is 5.56 Å². The zero-order chi connectivity index (χ0) is 20.2. The Morgan fingerprint density at radius 2 is 1.86 bits per heavy atom. The lowest BCUT2D eigenvalue weighted by Gasteiger charge is -2.28. The molecule has 0 radical (unpaired) electrons. The molecule has 0 saturated carbocycles. The van der Waals surface area contributed by atoms with Crippen LogP contribution in [-0.4, -0.2) is 31.7 Å². The van der Waals surface area contributed by atoms with Crippen molar-refractivity contribution in [3.05, 3.63) is 87.6 Å². The molecule has 1 aliphatic heterocycles. The number of hydrogen-bond acceptors (Lipinski definition) is 3. The van der Waals surface area contributed by atoms with Gasteiger partial charge in [0, 0.05) is 37.0 Å². The number of carbonyl (C=O) groups excluding carboxylic acids is 1. The van der Waals surface area contributed by atoms with Crippen LogP contribution in [0.2, 0.25) is 0 Å². The smallest absolute Gasteiger partial charge is 0.270 e. The van der Waals surface area contributed by atoms with E-state index in [1.165, 1.54) is 0 Å². The highest BCUT2D eigenvalue weighted by Gasteiger charge is 2.27. The van der Waals surface area contributed by atoms with E-state index in [2.05, 4.69) is 4.98 Å². The zero-order valence-electron chi connectivity index (χ0n) is 16.8. The van der Waals surface area contributed by atoms with E-state index in [1.54, 1.807) is 6.20 Å². The van der Waals surface area contributed by atoms with Crippen LogP contribution in [0.5, 0.6) is 0 Å². The molecule has 0 saturated heterocycles. The van der Waals surface area contributed by atoms with Crippen molar-refractivity contribution in [2.75, 3.05) is 6.54 Å². The number of amides is 1. The van der Waals surface area contributed by atoms with Crippen LogP contribution in [0, 0.1) is 0 Å². The lowest BCUT2D eigenvalue weighted by Crippen LogP contribution is -2.37. The maximum atomic E-state index is 13.0. The number of aryl methyl sites for hydroxylation is 1. The number of hydrogen-bond donors (Lipinski definition) is 0. The molecule has 6 nitrogen and oxygen atoms in total. The summed E-state index contributed by atoms with van der Waals surface area (Å²) >= 11 is 0. The van der Waals surface area contributed by atoms with Crippen LogP contribution >= 0.6 is 0 Å². The second-order valence-electron chi connectivity index (χ2n) is 7.38. The molecule has 3 aromatic rings. The van der Waals surface area contributed by atoms with Crippen molar-refractivity contribution in [3.8, 4) is 0 Å². The molecule has 0 bridgehead atoms. The number of carbonyl (C=O) groups is 1. The predicted molar refractivity (Wildman–Crippen MR) is 112 cm³/mol. The van der Waals surface area contributed by atoms with Gasteiger partial charge in [-0.05, 0) is 37.5 Å². The van der Waals surface area contributed by atoms with Gasteiger partial charge in [-0.15, -0.1) is 0 Å². The van der Waals surface area contributed by atoms with Crippen molar-refractivity contribution in [3.63, 3.8) is 0 Å². The molecule has 150 valence electrons. The molecule has 0 atom stereocenters. The summed E-state index contributed by atoms with van der Waals surface area (Å²) in [4.78, 5) is 32.0. The van der Waals surface area contributed by atoms with Crippen LogP contribution in [0.3, 0.4) is 0 Å². The third-order valence-electron chi connectivity index (χ3n) is 5.56. The number of rotatable bonds is 6. The van der Waals surface area contributed by atoms with Crippen molar-refractivity contribution in [2.24, 2.45) is 0 Å². The normalized spacial score (nSPS) is 13.3. The van der Waals surface area contributed by atoms with Gasteiger partial charge in [0.15, 0.2) is 0 Å². The molecule has 0 aliphatic carbocycles. The van der Waals surface area contributed by atoms with E-state index < -0.39 is 0 Å². The Balaban J connectivity index is 1.52. The van der Waals surface area contributed by atoms with Gasteiger partial charge in [0.25, 0.3) is 5.56 Å². The Morgan fingerprint density at radius 1 is 1.07 bits per heavy atom. The average Bonchev–Trinajstić information content (AvgIpc) is 3.03. The van der Waals surface area contributed by atoms with Crippen molar-refractivity contribution >= 4 is 5.91 Å². The summed E-state index contributed by atoms with van der Waals surface area (Å²) in [6.07, 6.45) is 3.44. The maximum Gasteiger partial charge on any atom is 0.270 e. The Labute approximate surface area is 170 Å². The first-order valence-electron chi connectivity index (χ1n) is 10.2. The molecule has 1 aliphatic rings. The van der Waals surface area contributed by atoms with E-state index in [4.69, 9.17) is 0 Å². The van der Waals surface area contributed by atoms with Crippen LogP contribution in [0.4, 0.5) is 0 Å². The molecule has 0 unspecified atom stereocenters. The van der Waals surface area contributed by atoms with Gasteiger partial charge in [-0.25, -0.2) is 4.68 Å². The molecule has 0 spiro atoms. The second kappa shape index (κ2) is 8.47. The first kappa shape index (κ1) is 19.2. The highest BCUT2D eigenvalue weighted by molar-refractivity contribution is 5.76.